The Morgan fingerprint density at radius 1 is 1.15 bits per heavy atom. The Morgan fingerprint density at radius 2 is 1.98 bits per heavy atom. The number of carbonyl (C=O) groups excluding carboxylic acids is 1. The van der Waals surface area contributed by atoms with Crippen LogP contribution in [0.5, 0.6) is 5.75 Å². The number of aryl methyl sites for hydroxylation is 1. The van der Waals surface area contributed by atoms with Crippen LogP contribution in [0.2, 0.25) is 0 Å². The largest absolute Gasteiger partial charge is 0.493 e. The first-order chi connectivity index (χ1) is 19.9. The molecule has 0 spiro atoms. The van der Waals surface area contributed by atoms with Gasteiger partial charge in [0.2, 0.25) is 5.91 Å². The molecule has 3 heterocycles. The summed E-state index contributed by atoms with van der Waals surface area (Å²) in [5, 5.41) is 10.5. The Kier molecular flexibility index (Phi) is 8.93. The van der Waals surface area contributed by atoms with Gasteiger partial charge < -0.3 is 24.2 Å². The fraction of sp³-hybridized carbons (Fsp3) is 0.469. The lowest BCUT2D eigenvalue weighted by Crippen LogP contribution is -2.45. The molecule has 1 N–H and O–H groups in total. The molecular formula is C32H41N5O4. The number of unbranched alkanes of at least 4 members (excludes halogenated alkanes) is 1. The van der Waals surface area contributed by atoms with Gasteiger partial charge in [0.15, 0.2) is 0 Å². The summed E-state index contributed by atoms with van der Waals surface area (Å²) in [5.41, 5.74) is 4.03. The number of anilines is 2. The standard InChI is InChI=1S/C32H41N5O4/c1-4-5-14-37(26-8-6-7-25(19-26)34(2)3)30(38)21-36-20-27(23-9-10-29-24(18-23)12-17-41-29)31(32(39)40)28(36)11-15-35-16-13-33-22-35/h6-10,13,16,18-19,22,27-28,31H,4-5,11-12,14-15,17,20-21H2,1-3H3,(H,39,40)/t27-,28+,31-/m1/s1. The lowest BCUT2D eigenvalue weighted by atomic mass is 9.83. The van der Waals surface area contributed by atoms with E-state index in [4.69, 9.17) is 4.74 Å². The summed E-state index contributed by atoms with van der Waals surface area (Å²) in [4.78, 5) is 37.0. The highest BCUT2D eigenvalue weighted by Gasteiger charge is 2.47. The fourth-order valence-corrected chi connectivity index (χ4v) is 6.24. The Hall–Kier alpha value is -3.85. The van der Waals surface area contributed by atoms with E-state index in [9.17, 15) is 14.7 Å². The highest BCUT2D eigenvalue weighted by atomic mass is 16.5. The van der Waals surface area contributed by atoms with Crippen molar-refractivity contribution in [1.82, 2.24) is 14.5 Å². The van der Waals surface area contributed by atoms with Crippen molar-refractivity contribution in [1.29, 1.82) is 0 Å². The molecule has 2 aliphatic rings. The number of benzene rings is 2. The lowest BCUT2D eigenvalue weighted by molar-refractivity contribution is -0.143. The maximum Gasteiger partial charge on any atom is 0.308 e. The van der Waals surface area contributed by atoms with Crippen molar-refractivity contribution in [3.8, 4) is 5.75 Å². The number of nitrogens with zero attached hydrogens (tertiary/aromatic N) is 5. The van der Waals surface area contributed by atoms with Gasteiger partial charge in [-0.25, -0.2) is 4.98 Å². The topological polar surface area (TPSA) is 91.1 Å². The zero-order chi connectivity index (χ0) is 28.9. The number of rotatable bonds is 12. The van der Waals surface area contributed by atoms with Crippen molar-refractivity contribution in [3.63, 3.8) is 0 Å². The minimum absolute atomic E-state index is 0.00544. The second kappa shape index (κ2) is 12.8. The van der Waals surface area contributed by atoms with Crippen LogP contribution in [-0.4, -0.2) is 77.8 Å². The summed E-state index contributed by atoms with van der Waals surface area (Å²) in [6.07, 6.45) is 8.67. The molecule has 0 saturated carbocycles. The molecule has 2 aliphatic heterocycles. The van der Waals surface area contributed by atoms with Gasteiger partial charge in [0.05, 0.1) is 25.4 Å². The number of aromatic nitrogens is 2. The summed E-state index contributed by atoms with van der Waals surface area (Å²) in [7, 11) is 3.98. The molecule has 1 amide bonds. The number of carbonyl (C=O) groups is 2. The number of ether oxygens (including phenoxy) is 1. The number of hydrogen-bond acceptors (Lipinski definition) is 6. The lowest BCUT2D eigenvalue weighted by Gasteiger charge is -2.30. The molecule has 5 rings (SSSR count). The first-order valence-electron chi connectivity index (χ1n) is 14.6. The van der Waals surface area contributed by atoms with E-state index in [1.807, 2.05) is 71.1 Å². The predicted molar refractivity (Wildman–Crippen MR) is 160 cm³/mol. The van der Waals surface area contributed by atoms with Gasteiger partial charge in [0, 0.05) is 75.9 Å². The molecule has 1 fully saturated rings. The van der Waals surface area contributed by atoms with Crippen LogP contribution in [0.15, 0.2) is 61.2 Å². The van der Waals surface area contributed by atoms with Crippen LogP contribution in [-0.2, 0) is 22.6 Å². The van der Waals surface area contributed by atoms with Crippen molar-refractivity contribution in [2.75, 3.05) is 50.1 Å². The monoisotopic (exact) mass is 559 g/mol. The minimum Gasteiger partial charge on any atom is -0.493 e. The maximum atomic E-state index is 14.0. The van der Waals surface area contributed by atoms with E-state index >= 15 is 0 Å². The number of amides is 1. The Labute approximate surface area is 242 Å². The first-order valence-corrected chi connectivity index (χ1v) is 14.6. The number of carboxylic acid groups (broad SMARTS) is 1. The molecule has 9 heteroatoms. The third kappa shape index (κ3) is 6.40. The van der Waals surface area contributed by atoms with E-state index < -0.39 is 11.9 Å². The first kappa shape index (κ1) is 28.7. The van der Waals surface area contributed by atoms with Crippen LogP contribution in [0.4, 0.5) is 11.4 Å². The van der Waals surface area contributed by atoms with E-state index in [0.29, 0.717) is 32.7 Å². The van der Waals surface area contributed by atoms with E-state index in [2.05, 4.69) is 22.9 Å². The Bertz CT molecular complexity index is 1340. The average Bonchev–Trinajstić information content (AvgIpc) is 3.72. The predicted octanol–water partition coefficient (Wildman–Crippen LogP) is 4.28. The quantitative estimate of drug-likeness (QED) is 0.354. The Morgan fingerprint density at radius 3 is 2.71 bits per heavy atom. The molecule has 1 aromatic heterocycles. The van der Waals surface area contributed by atoms with Crippen molar-refractivity contribution in [2.45, 2.75) is 51.1 Å². The van der Waals surface area contributed by atoms with E-state index in [-0.39, 0.29) is 24.4 Å². The molecule has 9 nitrogen and oxygen atoms in total. The molecule has 1 saturated heterocycles. The van der Waals surface area contributed by atoms with Gasteiger partial charge in [-0.1, -0.05) is 31.5 Å². The highest BCUT2D eigenvalue weighted by molar-refractivity contribution is 5.95. The molecule has 0 unspecified atom stereocenters. The van der Waals surface area contributed by atoms with Crippen LogP contribution in [0.1, 0.15) is 43.2 Å². The third-order valence-corrected chi connectivity index (χ3v) is 8.45. The van der Waals surface area contributed by atoms with Crippen molar-refractivity contribution in [3.05, 3.63) is 72.3 Å². The van der Waals surface area contributed by atoms with E-state index in [1.54, 1.807) is 12.5 Å². The zero-order valence-electron chi connectivity index (χ0n) is 24.3. The van der Waals surface area contributed by atoms with Gasteiger partial charge in [-0.3, -0.25) is 14.5 Å². The SMILES string of the molecule is CCCCN(C(=O)CN1C[C@H](c2ccc3c(c2)CCO3)[C@@H](C(=O)O)[C@@H]1CCn1ccnc1)c1cccc(N(C)C)c1. The van der Waals surface area contributed by atoms with Gasteiger partial charge in [-0.05, 0) is 48.2 Å². The molecule has 41 heavy (non-hydrogen) atoms. The van der Waals surface area contributed by atoms with Crippen LogP contribution in [0.25, 0.3) is 0 Å². The molecule has 3 atom stereocenters. The van der Waals surface area contributed by atoms with Crippen molar-refractivity contribution in [2.24, 2.45) is 5.92 Å². The number of fused-ring (bicyclic) bond motifs is 1. The number of carboxylic acids is 1. The summed E-state index contributed by atoms with van der Waals surface area (Å²) >= 11 is 0. The average molecular weight is 560 g/mol. The minimum atomic E-state index is -0.821. The molecule has 0 radical (unpaired) electrons. The van der Waals surface area contributed by atoms with Crippen molar-refractivity contribution >= 4 is 23.3 Å². The maximum absolute atomic E-state index is 14.0. The summed E-state index contributed by atoms with van der Waals surface area (Å²) in [6, 6.07) is 13.8. The highest BCUT2D eigenvalue weighted by Crippen LogP contribution is 2.41. The van der Waals surface area contributed by atoms with Gasteiger partial charge in [0.1, 0.15) is 5.75 Å². The summed E-state index contributed by atoms with van der Waals surface area (Å²) < 4.78 is 7.67. The van der Waals surface area contributed by atoms with Crippen molar-refractivity contribution < 1.29 is 19.4 Å². The van der Waals surface area contributed by atoms with Gasteiger partial charge >= 0.3 is 5.97 Å². The molecule has 218 valence electrons. The fourth-order valence-electron chi connectivity index (χ4n) is 6.24. The third-order valence-electron chi connectivity index (χ3n) is 8.45. The normalized spacial score (nSPS) is 20.0. The number of likely N-dealkylation sites (tertiary alicyclic amines) is 1. The van der Waals surface area contributed by atoms with E-state index in [0.717, 1.165) is 47.5 Å². The van der Waals surface area contributed by atoms with Crippen LogP contribution >= 0.6 is 0 Å². The Balaban J connectivity index is 1.44. The van der Waals surface area contributed by atoms with Crippen LogP contribution < -0.4 is 14.5 Å². The van der Waals surface area contributed by atoms with E-state index in [1.165, 1.54) is 0 Å². The second-order valence-corrected chi connectivity index (χ2v) is 11.3. The van der Waals surface area contributed by atoms with Gasteiger partial charge in [0.25, 0.3) is 0 Å². The zero-order valence-corrected chi connectivity index (χ0v) is 24.3. The molecule has 0 bridgehead atoms. The van der Waals surface area contributed by atoms with Crippen LogP contribution in [0, 0.1) is 5.92 Å². The molecule has 3 aromatic rings. The smallest absolute Gasteiger partial charge is 0.308 e. The molecular weight excluding hydrogens is 518 g/mol. The summed E-state index contributed by atoms with van der Waals surface area (Å²) in [5.74, 6) is -0.796. The number of imidazole rings is 1. The van der Waals surface area contributed by atoms with Crippen LogP contribution in [0.3, 0.4) is 0 Å². The molecule has 2 aromatic carbocycles. The van der Waals surface area contributed by atoms with Gasteiger partial charge in [-0.15, -0.1) is 0 Å². The number of aliphatic carboxylic acids is 1. The second-order valence-electron chi connectivity index (χ2n) is 11.3. The molecule has 0 aliphatic carbocycles. The summed E-state index contributed by atoms with van der Waals surface area (Å²) in [6.45, 7) is 4.71. The number of hydrogen-bond donors (Lipinski definition) is 1. The van der Waals surface area contributed by atoms with Gasteiger partial charge in [-0.2, -0.15) is 0 Å².